The van der Waals surface area contributed by atoms with Crippen molar-refractivity contribution in [2.45, 2.75) is 0 Å². The van der Waals surface area contributed by atoms with E-state index in [1.807, 2.05) is 47.2 Å². The lowest BCUT2D eigenvalue weighted by Crippen LogP contribution is -1.98. The summed E-state index contributed by atoms with van der Waals surface area (Å²) >= 11 is 1.63. The summed E-state index contributed by atoms with van der Waals surface area (Å²) < 4.78 is 1.74. The van der Waals surface area contributed by atoms with Gasteiger partial charge < -0.3 is 0 Å². The summed E-state index contributed by atoms with van der Waals surface area (Å²) in [6.07, 6.45) is 0. The molecule has 0 bridgehead atoms. The van der Waals surface area contributed by atoms with E-state index in [0.29, 0.717) is 0 Å². The Morgan fingerprint density at radius 1 is 1.06 bits per heavy atom. The Kier molecular flexibility index (Phi) is 2.23. The maximum Gasteiger partial charge on any atom is 0.187 e. The normalized spacial score (nSPS) is 10.5. The van der Waals surface area contributed by atoms with Crippen LogP contribution in [0.1, 0.15) is 0 Å². The molecule has 0 spiro atoms. The maximum atomic E-state index is 4.04. The van der Waals surface area contributed by atoms with E-state index in [-0.39, 0.29) is 0 Å². The molecule has 0 unspecified atom stereocenters. The van der Waals surface area contributed by atoms with Crippen molar-refractivity contribution in [2.24, 2.45) is 0 Å². The molecule has 2 aromatic heterocycles. The Labute approximate surface area is 96.2 Å². The minimum Gasteiger partial charge on any atom is -0.193 e. The summed E-state index contributed by atoms with van der Waals surface area (Å²) in [6, 6.07) is 11.9. The second-order valence-electron chi connectivity index (χ2n) is 3.26. The number of hydrogen-bond donors (Lipinski definition) is 0. The summed E-state index contributed by atoms with van der Waals surface area (Å²) in [4.78, 5) is 0. The van der Waals surface area contributed by atoms with Gasteiger partial charge in [0.25, 0.3) is 0 Å². The van der Waals surface area contributed by atoms with E-state index in [0.717, 1.165) is 17.1 Å². The summed E-state index contributed by atoms with van der Waals surface area (Å²) in [7, 11) is 0. The number of para-hydroxylation sites is 1. The second kappa shape index (κ2) is 3.86. The molecule has 2 heterocycles. The topological polar surface area (TPSA) is 43.6 Å². The molecule has 0 aliphatic heterocycles. The lowest BCUT2D eigenvalue weighted by molar-refractivity contribution is 0.791. The molecule has 1 aromatic carbocycles. The molecule has 0 aliphatic rings. The summed E-state index contributed by atoms with van der Waals surface area (Å²) in [5.41, 5.74) is 2.01. The van der Waals surface area contributed by atoms with Crippen molar-refractivity contribution >= 4 is 11.3 Å². The van der Waals surface area contributed by atoms with Gasteiger partial charge in [0.05, 0.1) is 5.69 Å². The van der Waals surface area contributed by atoms with Gasteiger partial charge in [0.15, 0.2) is 5.82 Å². The third-order valence-corrected chi connectivity index (χ3v) is 2.93. The first-order valence-corrected chi connectivity index (χ1v) is 5.76. The fourth-order valence-electron chi connectivity index (χ4n) is 1.50. The Hall–Kier alpha value is -2.01. The molecule has 0 radical (unpaired) electrons. The van der Waals surface area contributed by atoms with E-state index in [9.17, 15) is 0 Å². The average molecular weight is 228 g/mol. The molecule has 0 saturated carbocycles. The Balaban J connectivity index is 2.14. The highest BCUT2D eigenvalue weighted by Gasteiger charge is 2.09. The first-order chi connectivity index (χ1) is 7.95. The molecule has 0 saturated heterocycles. The standard InChI is InChI=1S/C11H8N4S/c1-2-4-10(5-3-1)15-11(12-13-14-15)9-6-7-16-8-9/h1-8H. The number of thiophene rings is 1. The Morgan fingerprint density at radius 2 is 1.94 bits per heavy atom. The van der Waals surface area contributed by atoms with Crippen molar-refractivity contribution in [2.75, 3.05) is 0 Å². The van der Waals surface area contributed by atoms with E-state index in [2.05, 4.69) is 15.5 Å². The smallest absolute Gasteiger partial charge is 0.187 e. The van der Waals surface area contributed by atoms with Crippen LogP contribution in [0, 0.1) is 0 Å². The number of tetrazole rings is 1. The predicted molar refractivity (Wildman–Crippen MR) is 62.5 cm³/mol. The average Bonchev–Trinajstić information content (AvgIpc) is 3.01. The molecule has 0 fully saturated rings. The summed E-state index contributed by atoms with van der Waals surface area (Å²) in [6.45, 7) is 0. The Morgan fingerprint density at radius 3 is 2.69 bits per heavy atom. The highest BCUT2D eigenvalue weighted by molar-refractivity contribution is 7.08. The highest BCUT2D eigenvalue weighted by Crippen LogP contribution is 2.21. The van der Waals surface area contributed by atoms with E-state index < -0.39 is 0 Å². The van der Waals surface area contributed by atoms with Crippen molar-refractivity contribution in [3.8, 4) is 17.1 Å². The van der Waals surface area contributed by atoms with Crippen molar-refractivity contribution in [1.82, 2.24) is 20.2 Å². The van der Waals surface area contributed by atoms with Crippen molar-refractivity contribution in [1.29, 1.82) is 0 Å². The van der Waals surface area contributed by atoms with Crippen LogP contribution in [0.4, 0.5) is 0 Å². The maximum absolute atomic E-state index is 4.04. The van der Waals surface area contributed by atoms with Crippen LogP contribution in [0.2, 0.25) is 0 Å². The molecule has 0 N–H and O–H groups in total. The molecule has 4 nitrogen and oxygen atoms in total. The zero-order valence-electron chi connectivity index (χ0n) is 8.32. The molecule has 0 aliphatic carbocycles. The molecule has 16 heavy (non-hydrogen) atoms. The van der Waals surface area contributed by atoms with Crippen LogP contribution < -0.4 is 0 Å². The van der Waals surface area contributed by atoms with Gasteiger partial charge in [-0.15, -0.1) is 5.10 Å². The fourth-order valence-corrected chi connectivity index (χ4v) is 2.14. The number of rotatable bonds is 2. The fraction of sp³-hybridized carbons (Fsp3) is 0. The number of hydrogen-bond acceptors (Lipinski definition) is 4. The Bertz CT molecular complexity index is 571. The first-order valence-electron chi connectivity index (χ1n) is 4.81. The van der Waals surface area contributed by atoms with Crippen molar-refractivity contribution in [3.05, 3.63) is 47.2 Å². The monoisotopic (exact) mass is 228 g/mol. The third kappa shape index (κ3) is 1.51. The van der Waals surface area contributed by atoms with Crippen LogP contribution in [0.25, 0.3) is 17.1 Å². The van der Waals surface area contributed by atoms with Crippen LogP contribution in [0.3, 0.4) is 0 Å². The first kappa shape index (κ1) is 9.23. The molecule has 0 atom stereocenters. The van der Waals surface area contributed by atoms with Crippen LogP contribution in [-0.2, 0) is 0 Å². The van der Waals surface area contributed by atoms with Gasteiger partial charge in [0.2, 0.25) is 0 Å². The zero-order chi connectivity index (χ0) is 10.8. The van der Waals surface area contributed by atoms with Gasteiger partial charge >= 0.3 is 0 Å². The second-order valence-corrected chi connectivity index (χ2v) is 4.04. The van der Waals surface area contributed by atoms with Crippen LogP contribution >= 0.6 is 11.3 Å². The van der Waals surface area contributed by atoms with Crippen molar-refractivity contribution in [3.63, 3.8) is 0 Å². The van der Waals surface area contributed by atoms with Crippen LogP contribution in [0.15, 0.2) is 47.2 Å². The summed E-state index contributed by atoms with van der Waals surface area (Å²) in [5.74, 6) is 0.771. The van der Waals surface area contributed by atoms with Crippen LogP contribution in [0.5, 0.6) is 0 Å². The largest absolute Gasteiger partial charge is 0.193 e. The minimum absolute atomic E-state index is 0.771. The lowest BCUT2D eigenvalue weighted by Gasteiger charge is -2.01. The third-order valence-electron chi connectivity index (χ3n) is 2.25. The lowest BCUT2D eigenvalue weighted by atomic mass is 10.3. The van der Waals surface area contributed by atoms with Gasteiger partial charge in [-0.3, -0.25) is 0 Å². The van der Waals surface area contributed by atoms with Gasteiger partial charge in [-0.25, -0.2) is 0 Å². The molecule has 0 amide bonds. The highest BCUT2D eigenvalue weighted by atomic mass is 32.1. The molecule has 3 aromatic rings. The van der Waals surface area contributed by atoms with Gasteiger partial charge in [-0.05, 0) is 34.0 Å². The zero-order valence-corrected chi connectivity index (χ0v) is 9.13. The van der Waals surface area contributed by atoms with Crippen LogP contribution in [-0.4, -0.2) is 20.2 Å². The number of nitrogens with zero attached hydrogens (tertiary/aromatic N) is 4. The SMILES string of the molecule is c1ccc(-n2nnnc2-c2ccsc2)cc1. The molecule has 5 heteroatoms. The molecule has 3 rings (SSSR count). The quantitative estimate of drug-likeness (QED) is 0.676. The number of benzene rings is 1. The summed E-state index contributed by atoms with van der Waals surface area (Å²) in [5, 5.41) is 15.8. The van der Waals surface area contributed by atoms with Gasteiger partial charge in [-0.1, -0.05) is 18.2 Å². The van der Waals surface area contributed by atoms with E-state index >= 15 is 0 Å². The van der Waals surface area contributed by atoms with Gasteiger partial charge in [-0.2, -0.15) is 16.0 Å². The molecular weight excluding hydrogens is 220 g/mol. The molecular formula is C11H8N4S. The van der Waals surface area contributed by atoms with Gasteiger partial charge in [0.1, 0.15) is 0 Å². The number of aromatic nitrogens is 4. The van der Waals surface area contributed by atoms with E-state index in [4.69, 9.17) is 0 Å². The minimum atomic E-state index is 0.771. The van der Waals surface area contributed by atoms with E-state index in [1.54, 1.807) is 16.0 Å². The molecule has 78 valence electrons. The predicted octanol–water partition coefficient (Wildman–Crippen LogP) is 2.39. The van der Waals surface area contributed by atoms with Crippen molar-refractivity contribution < 1.29 is 0 Å². The van der Waals surface area contributed by atoms with E-state index in [1.165, 1.54) is 0 Å². The van der Waals surface area contributed by atoms with Gasteiger partial charge in [0, 0.05) is 10.9 Å².